The summed E-state index contributed by atoms with van der Waals surface area (Å²) in [4.78, 5) is 10.8. The van der Waals surface area contributed by atoms with Crippen molar-refractivity contribution in [2.24, 2.45) is 0 Å². The molecule has 2 aromatic rings. The van der Waals surface area contributed by atoms with Crippen molar-refractivity contribution in [1.82, 2.24) is 0 Å². The normalized spacial score (nSPS) is 9.41. The average Bonchev–Trinajstić information content (AvgIpc) is 2.30. The van der Waals surface area contributed by atoms with Gasteiger partial charge in [-0.25, -0.2) is 0 Å². The number of aliphatic carboxylic acids is 1. The Morgan fingerprint density at radius 2 is 1.59 bits per heavy atom. The third kappa shape index (κ3) is 3.70. The Morgan fingerprint density at radius 3 is 2.24 bits per heavy atom. The predicted octanol–water partition coefficient (Wildman–Crippen LogP) is 0.0972. The monoisotopic (exact) mass is 236 g/mol. The van der Waals surface area contributed by atoms with Gasteiger partial charge < -0.3 is 6.53 Å². The van der Waals surface area contributed by atoms with Gasteiger partial charge in [0.25, 0.3) is 0 Å². The molecule has 0 heterocycles. The van der Waals surface area contributed by atoms with Crippen LogP contribution < -0.4 is 29.6 Å². The zero-order valence-electron chi connectivity index (χ0n) is 10.8. The largest absolute Gasteiger partial charge is 1.00 e. The minimum absolute atomic E-state index is 0. The molecule has 0 saturated carbocycles. The minimum Gasteiger partial charge on any atom is -1.00 e. The zero-order valence-corrected chi connectivity index (χ0v) is 11.8. The number of rotatable bonds is 3. The minimum atomic E-state index is -0.802. The second-order valence-corrected chi connectivity index (χ2v) is 3.59. The molecular weight excluding hydrogens is 223 g/mol. The van der Waals surface area contributed by atoms with Gasteiger partial charge in [0, 0.05) is 0 Å². The number of hydrogen-bond acceptors (Lipinski definition) is 1. The van der Waals surface area contributed by atoms with Crippen molar-refractivity contribution in [3.8, 4) is 11.1 Å². The van der Waals surface area contributed by atoms with E-state index in [4.69, 9.17) is 5.11 Å². The molecule has 0 amide bonds. The summed E-state index contributed by atoms with van der Waals surface area (Å²) < 4.78 is 0. The topological polar surface area (TPSA) is 37.3 Å². The molecule has 0 aliphatic rings. The molecule has 2 aromatic carbocycles. The van der Waals surface area contributed by atoms with E-state index in [9.17, 15) is 4.79 Å². The van der Waals surface area contributed by atoms with E-state index >= 15 is 0 Å². The zero-order chi connectivity index (χ0) is 11.4. The van der Waals surface area contributed by atoms with Crippen LogP contribution >= 0.6 is 0 Å². The Hall–Kier alpha value is -1.09. The van der Waals surface area contributed by atoms with Crippen LogP contribution in [0.4, 0.5) is 0 Å². The SMILES string of the molecule is O=C(O)Cc1ccccc1-c1ccccc1.[H-].[Na+]. The van der Waals surface area contributed by atoms with E-state index in [1.807, 2.05) is 54.6 Å². The average molecular weight is 236 g/mol. The first-order valence-corrected chi connectivity index (χ1v) is 5.12. The molecule has 0 bridgehead atoms. The van der Waals surface area contributed by atoms with Gasteiger partial charge >= 0.3 is 35.5 Å². The quantitative estimate of drug-likeness (QED) is 0.767. The molecule has 0 saturated heterocycles. The molecule has 0 fully saturated rings. The summed E-state index contributed by atoms with van der Waals surface area (Å²) in [5, 5.41) is 8.84. The maximum atomic E-state index is 10.8. The molecule has 0 atom stereocenters. The fourth-order valence-electron chi connectivity index (χ4n) is 1.74. The molecule has 0 radical (unpaired) electrons. The van der Waals surface area contributed by atoms with E-state index in [0.717, 1.165) is 16.7 Å². The summed E-state index contributed by atoms with van der Waals surface area (Å²) >= 11 is 0. The summed E-state index contributed by atoms with van der Waals surface area (Å²) in [7, 11) is 0. The molecule has 0 aromatic heterocycles. The summed E-state index contributed by atoms with van der Waals surface area (Å²) in [6.45, 7) is 0. The molecule has 82 valence electrons. The third-order valence-electron chi connectivity index (χ3n) is 2.44. The van der Waals surface area contributed by atoms with Crippen LogP contribution in [0.3, 0.4) is 0 Å². The van der Waals surface area contributed by atoms with E-state index in [-0.39, 0.29) is 37.4 Å². The van der Waals surface area contributed by atoms with Gasteiger partial charge in [0.15, 0.2) is 0 Å². The fourth-order valence-corrected chi connectivity index (χ4v) is 1.74. The van der Waals surface area contributed by atoms with Crippen LogP contribution in [0.5, 0.6) is 0 Å². The van der Waals surface area contributed by atoms with Crippen molar-refractivity contribution < 1.29 is 40.9 Å². The van der Waals surface area contributed by atoms with E-state index in [1.165, 1.54) is 0 Å². The van der Waals surface area contributed by atoms with Crippen molar-refractivity contribution in [3.63, 3.8) is 0 Å². The first-order chi connectivity index (χ1) is 7.77. The van der Waals surface area contributed by atoms with E-state index < -0.39 is 5.97 Å². The van der Waals surface area contributed by atoms with E-state index in [1.54, 1.807) is 0 Å². The van der Waals surface area contributed by atoms with E-state index in [2.05, 4.69) is 0 Å². The van der Waals surface area contributed by atoms with Crippen LogP contribution in [0, 0.1) is 0 Å². The molecule has 3 heteroatoms. The van der Waals surface area contributed by atoms with Crippen LogP contribution in [0.1, 0.15) is 6.99 Å². The second-order valence-electron chi connectivity index (χ2n) is 3.59. The van der Waals surface area contributed by atoms with Crippen LogP contribution in [-0.2, 0) is 11.2 Å². The van der Waals surface area contributed by atoms with Gasteiger partial charge in [-0.2, -0.15) is 0 Å². The van der Waals surface area contributed by atoms with Gasteiger partial charge in [-0.15, -0.1) is 0 Å². The van der Waals surface area contributed by atoms with Crippen LogP contribution in [-0.4, -0.2) is 11.1 Å². The first-order valence-electron chi connectivity index (χ1n) is 5.12. The molecule has 0 aliphatic heterocycles. The summed E-state index contributed by atoms with van der Waals surface area (Å²) in [6.07, 6.45) is 0.0606. The number of hydrogen-bond donors (Lipinski definition) is 1. The maximum absolute atomic E-state index is 10.8. The Morgan fingerprint density at radius 1 is 1.00 bits per heavy atom. The van der Waals surface area contributed by atoms with Crippen molar-refractivity contribution in [2.45, 2.75) is 6.42 Å². The van der Waals surface area contributed by atoms with Gasteiger partial charge in [0.05, 0.1) is 6.42 Å². The van der Waals surface area contributed by atoms with Gasteiger partial charge in [-0.3, -0.25) is 4.79 Å². The van der Waals surface area contributed by atoms with Crippen molar-refractivity contribution in [1.29, 1.82) is 0 Å². The Labute approximate surface area is 124 Å². The van der Waals surface area contributed by atoms with Crippen LogP contribution in [0.15, 0.2) is 54.6 Å². The molecular formula is C14H13NaO2. The Kier molecular flexibility index (Phi) is 5.42. The molecule has 2 rings (SSSR count). The maximum Gasteiger partial charge on any atom is 1.00 e. The Bertz CT molecular complexity index is 500. The standard InChI is InChI=1S/C14H12O2.Na.H/c15-14(16)10-12-8-4-5-9-13(12)11-6-2-1-3-7-11;;/h1-9H,10H2,(H,15,16);;/q;+1;-1. The molecule has 0 unspecified atom stereocenters. The smallest absolute Gasteiger partial charge is 1.00 e. The summed E-state index contributed by atoms with van der Waals surface area (Å²) in [5.74, 6) is -0.802. The fraction of sp³-hybridized carbons (Fsp3) is 0.0714. The van der Waals surface area contributed by atoms with Crippen LogP contribution in [0.25, 0.3) is 11.1 Å². The predicted molar refractivity (Wildman–Crippen MR) is 64.3 cm³/mol. The number of carboxylic acid groups (broad SMARTS) is 1. The van der Waals surface area contributed by atoms with Gasteiger partial charge in [0.1, 0.15) is 0 Å². The summed E-state index contributed by atoms with van der Waals surface area (Å²) in [6, 6.07) is 17.4. The molecule has 0 spiro atoms. The van der Waals surface area contributed by atoms with E-state index in [0.29, 0.717) is 0 Å². The number of carbonyl (C=O) groups is 1. The van der Waals surface area contributed by atoms with Crippen molar-refractivity contribution >= 4 is 5.97 Å². The van der Waals surface area contributed by atoms with Gasteiger partial charge in [-0.1, -0.05) is 54.6 Å². The summed E-state index contributed by atoms with van der Waals surface area (Å²) in [5.41, 5.74) is 2.89. The number of carboxylic acids is 1. The van der Waals surface area contributed by atoms with Crippen LogP contribution in [0.2, 0.25) is 0 Å². The van der Waals surface area contributed by atoms with Gasteiger partial charge in [0.2, 0.25) is 0 Å². The molecule has 0 aliphatic carbocycles. The van der Waals surface area contributed by atoms with Gasteiger partial charge in [-0.05, 0) is 16.7 Å². The van der Waals surface area contributed by atoms with Crippen molar-refractivity contribution in [3.05, 3.63) is 60.2 Å². The Balaban J connectivity index is 0.00000144. The molecule has 2 nitrogen and oxygen atoms in total. The number of benzene rings is 2. The van der Waals surface area contributed by atoms with Crippen molar-refractivity contribution in [2.75, 3.05) is 0 Å². The molecule has 1 N–H and O–H groups in total. The first kappa shape index (κ1) is 14.0. The molecule has 17 heavy (non-hydrogen) atoms. The third-order valence-corrected chi connectivity index (χ3v) is 2.44. The second kappa shape index (κ2) is 6.60.